The molecule has 0 fully saturated rings. The van der Waals surface area contributed by atoms with Gasteiger partial charge in [-0.05, 0) is 90.7 Å². The van der Waals surface area contributed by atoms with Gasteiger partial charge in [-0.3, -0.25) is 0 Å². The molecule has 0 unspecified atom stereocenters. The largest absolute Gasteiger partial charge is 0.456 e. The second-order valence-electron chi connectivity index (χ2n) is 10.7. The van der Waals surface area contributed by atoms with Crippen molar-refractivity contribution < 1.29 is 27.7 Å². The second-order valence-corrected chi connectivity index (χ2v) is 10.7. The van der Waals surface area contributed by atoms with Gasteiger partial charge in [0.05, 0.1) is 23.3 Å². The standard InChI is InChI=1S/C45H30O/c1-3-12-30(13-4-1)28-41-36-16-7-9-18-38(36)44(39-19-10-8-17-37(39)41)33-24-22-32(23-25-33)35-20-11-21-42-45(35)40-27-26-34(29-43(40)46-42)31-14-5-2-6-15-31/h1-27,29H,28H2/i1D,3D,4D,7D,8D,9D,10D,12D,13D,16D,17D,18D,19D,22D,23D,24D,25D. The first-order valence-electron chi connectivity index (χ1n) is 23.0. The molecule has 1 heteroatoms. The molecule has 0 aliphatic heterocycles. The van der Waals surface area contributed by atoms with Gasteiger partial charge in [-0.1, -0.05) is 151 Å². The van der Waals surface area contributed by atoms with Crippen molar-refractivity contribution in [2.24, 2.45) is 0 Å². The van der Waals surface area contributed by atoms with Gasteiger partial charge in [0.25, 0.3) is 0 Å². The first-order valence-corrected chi connectivity index (χ1v) is 14.5. The number of hydrogen-bond donors (Lipinski definition) is 0. The molecule has 0 saturated heterocycles. The van der Waals surface area contributed by atoms with E-state index in [0.29, 0.717) is 27.5 Å². The summed E-state index contributed by atoms with van der Waals surface area (Å²) >= 11 is 0. The molecule has 0 aliphatic rings. The van der Waals surface area contributed by atoms with Crippen molar-refractivity contribution in [3.05, 3.63) is 181 Å². The van der Waals surface area contributed by atoms with Gasteiger partial charge in [-0.25, -0.2) is 0 Å². The monoisotopic (exact) mass is 603 g/mol. The van der Waals surface area contributed by atoms with Crippen molar-refractivity contribution in [3.8, 4) is 33.4 Å². The maximum atomic E-state index is 9.56. The highest BCUT2D eigenvalue weighted by Crippen LogP contribution is 2.42. The van der Waals surface area contributed by atoms with E-state index in [1.807, 2.05) is 48.5 Å². The number of rotatable bonds is 5. The molecule has 1 aromatic heterocycles. The van der Waals surface area contributed by atoms with E-state index in [-0.39, 0.29) is 27.5 Å². The van der Waals surface area contributed by atoms with Crippen molar-refractivity contribution in [1.29, 1.82) is 0 Å². The molecule has 216 valence electrons. The summed E-state index contributed by atoms with van der Waals surface area (Å²) in [5.41, 5.74) is 1.46. The normalized spacial score (nSPS) is 16.7. The summed E-state index contributed by atoms with van der Waals surface area (Å²) in [4.78, 5) is 0. The van der Waals surface area contributed by atoms with Crippen LogP contribution in [0.5, 0.6) is 0 Å². The number of fused-ring (bicyclic) bond motifs is 5. The summed E-state index contributed by atoms with van der Waals surface area (Å²) in [5, 5.41) is -0.383. The molecule has 46 heavy (non-hydrogen) atoms. The number of benzene rings is 8. The minimum absolute atomic E-state index is 0.121. The Morgan fingerprint density at radius 3 is 1.83 bits per heavy atom. The Morgan fingerprint density at radius 2 is 1.11 bits per heavy atom. The lowest BCUT2D eigenvalue weighted by atomic mass is 9.86. The van der Waals surface area contributed by atoms with Crippen molar-refractivity contribution in [2.45, 2.75) is 6.42 Å². The van der Waals surface area contributed by atoms with Gasteiger partial charge in [0.1, 0.15) is 11.2 Å². The molecule has 9 rings (SSSR count). The van der Waals surface area contributed by atoms with Crippen LogP contribution in [0.2, 0.25) is 0 Å². The van der Waals surface area contributed by atoms with Gasteiger partial charge in [-0.15, -0.1) is 0 Å². The topological polar surface area (TPSA) is 13.1 Å². The van der Waals surface area contributed by atoms with E-state index in [0.717, 1.165) is 11.1 Å². The lowest BCUT2D eigenvalue weighted by Gasteiger charge is -2.18. The van der Waals surface area contributed by atoms with Gasteiger partial charge in [0, 0.05) is 10.8 Å². The molecular formula is C45H30O. The van der Waals surface area contributed by atoms with Crippen LogP contribution in [0.1, 0.15) is 34.4 Å². The Bertz CT molecular complexity index is 3370. The highest BCUT2D eigenvalue weighted by atomic mass is 16.3. The summed E-state index contributed by atoms with van der Waals surface area (Å²) in [6, 6.07) is 8.52. The fraction of sp³-hybridized carbons (Fsp3) is 0.0222. The van der Waals surface area contributed by atoms with Crippen molar-refractivity contribution in [3.63, 3.8) is 0 Å². The first-order chi connectivity index (χ1) is 29.9. The predicted octanol–water partition coefficient (Wildman–Crippen LogP) is 12.5. The van der Waals surface area contributed by atoms with E-state index in [9.17, 15) is 11.0 Å². The highest BCUT2D eigenvalue weighted by Gasteiger charge is 2.17. The van der Waals surface area contributed by atoms with Crippen LogP contribution in [0.15, 0.2) is 174 Å². The highest BCUT2D eigenvalue weighted by molar-refractivity contribution is 6.16. The Balaban J connectivity index is 1.41. The molecule has 1 nitrogen and oxygen atoms in total. The molecule has 0 aliphatic carbocycles. The fourth-order valence-electron chi connectivity index (χ4n) is 6.09. The van der Waals surface area contributed by atoms with Crippen LogP contribution in [-0.4, -0.2) is 0 Å². The van der Waals surface area contributed by atoms with Crippen LogP contribution in [0.25, 0.3) is 76.9 Å². The maximum Gasteiger partial charge on any atom is 0.136 e. The minimum Gasteiger partial charge on any atom is -0.456 e. The average molecular weight is 604 g/mol. The fourth-order valence-corrected chi connectivity index (χ4v) is 6.09. The third kappa shape index (κ3) is 4.40. The molecule has 0 N–H and O–H groups in total. The van der Waals surface area contributed by atoms with Gasteiger partial charge >= 0.3 is 0 Å². The molecule has 0 atom stereocenters. The van der Waals surface area contributed by atoms with E-state index >= 15 is 0 Å². The Hall–Kier alpha value is -5.92. The van der Waals surface area contributed by atoms with E-state index in [1.165, 1.54) is 0 Å². The lowest BCUT2D eigenvalue weighted by Crippen LogP contribution is -1.95. The molecule has 0 bridgehead atoms. The Morgan fingerprint density at radius 1 is 0.457 bits per heavy atom. The molecule has 0 amide bonds. The molecule has 0 radical (unpaired) electrons. The van der Waals surface area contributed by atoms with Gasteiger partial charge in [0.15, 0.2) is 0 Å². The third-order valence-electron chi connectivity index (χ3n) is 8.13. The van der Waals surface area contributed by atoms with Crippen molar-refractivity contribution in [1.82, 2.24) is 0 Å². The Kier molecular flexibility index (Phi) is 3.43. The third-order valence-corrected chi connectivity index (χ3v) is 8.13. The SMILES string of the molecule is [2H]c1c([2H])c([2H])c(Cc2c3c([2H])c([2H])c([2H])c([2H])c3c(-c3c([2H])c([2H])c(-c4cccc5oc6cc(-c7ccccc7)ccc6c45)c([2H])c3[2H])c3c([2H])c([2H])c([2H])c([2H])c23)c([2H])c1[2H]. The smallest absolute Gasteiger partial charge is 0.136 e. The summed E-state index contributed by atoms with van der Waals surface area (Å²) in [6.07, 6.45) is -0.656. The van der Waals surface area contributed by atoms with Gasteiger partial charge in [0.2, 0.25) is 0 Å². The first kappa shape index (κ1) is 14.5. The van der Waals surface area contributed by atoms with Crippen molar-refractivity contribution in [2.75, 3.05) is 0 Å². The molecule has 1 heterocycles. The van der Waals surface area contributed by atoms with E-state index < -0.39 is 131 Å². The zero-order valence-corrected chi connectivity index (χ0v) is 24.0. The van der Waals surface area contributed by atoms with Crippen LogP contribution in [0, 0.1) is 0 Å². The molecule has 0 spiro atoms. The van der Waals surface area contributed by atoms with E-state index in [1.54, 1.807) is 18.2 Å². The van der Waals surface area contributed by atoms with Gasteiger partial charge in [-0.2, -0.15) is 0 Å². The van der Waals surface area contributed by atoms with Gasteiger partial charge < -0.3 is 4.42 Å². The lowest BCUT2D eigenvalue weighted by molar-refractivity contribution is 0.669. The van der Waals surface area contributed by atoms with Crippen LogP contribution >= 0.6 is 0 Å². The number of furan rings is 1. The summed E-state index contributed by atoms with van der Waals surface area (Å²) in [5.74, 6) is 0. The van der Waals surface area contributed by atoms with Crippen LogP contribution in [0.3, 0.4) is 0 Å². The minimum atomic E-state index is -0.775. The van der Waals surface area contributed by atoms with E-state index in [2.05, 4.69) is 0 Å². The number of hydrogen-bond acceptors (Lipinski definition) is 1. The molecular weight excluding hydrogens is 556 g/mol. The molecule has 0 saturated carbocycles. The predicted molar refractivity (Wildman–Crippen MR) is 194 cm³/mol. The zero-order valence-electron chi connectivity index (χ0n) is 41.0. The summed E-state index contributed by atoms with van der Waals surface area (Å²) < 4.78 is 158. The molecule has 8 aromatic carbocycles. The van der Waals surface area contributed by atoms with Crippen LogP contribution in [-0.2, 0) is 6.42 Å². The summed E-state index contributed by atoms with van der Waals surface area (Å²) in [6.45, 7) is 0. The summed E-state index contributed by atoms with van der Waals surface area (Å²) in [7, 11) is 0. The van der Waals surface area contributed by atoms with Crippen molar-refractivity contribution >= 4 is 43.5 Å². The average Bonchev–Trinajstić information content (AvgIpc) is 3.67. The van der Waals surface area contributed by atoms with Crippen LogP contribution in [0.4, 0.5) is 0 Å². The Labute approximate surface area is 291 Å². The quantitative estimate of drug-likeness (QED) is 0.178. The second kappa shape index (κ2) is 10.9. The zero-order chi connectivity index (χ0) is 45.2. The maximum absolute atomic E-state index is 9.56. The van der Waals surface area contributed by atoms with Crippen LogP contribution < -0.4 is 0 Å². The van der Waals surface area contributed by atoms with E-state index in [4.69, 9.17) is 16.8 Å². The molecule has 9 aromatic rings.